The summed E-state index contributed by atoms with van der Waals surface area (Å²) in [6.45, 7) is 1.46. The molecule has 9 nitrogen and oxygen atoms in total. The van der Waals surface area contributed by atoms with Crippen LogP contribution in [0.5, 0.6) is 17.2 Å². The van der Waals surface area contributed by atoms with Crippen molar-refractivity contribution >= 4 is 35.0 Å². The molecule has 0 aliphatic heterocycles. The van der Waals surface area contributed by atoms with Crippen LogP contribution in [-0.4, -0.2) is 51.2 Å². The van der Waals surface area contributed by atoms with Gasteiger partial charge in [0.2, 0.25) is 23.0 Å². The predicted octanol–water partition coefficient (Wildman–Crippen LogP) is 5.04. The van der Waals surface area contributed by atoms with E-state index in [4.69, 9.17) is 14.2 Å². The van der Waals surface area contributed by atoms with Crippen LogP contribution in [-0.2, 0) is 16.0 Å². The fourth-order valence-electron chi connectivity index (χ4n) is 5.27. The summed E-state index contributed by atoms with van der Waals surface area (Å²) in [6, 6.07) is 15.1. The van der Waals surface area contributed by atoms with E-state index in [0.717, 1.165) is 22.4 Å². The fraction of sp³-hybridized carbons (Fsp3) is 0.344. The van der Waals surface area contributed by atoms with Crippen molar-refractivity contribution in [3.63, 3.8) is 0 Å². The Morgan fingerprint density at radius 2 is 1.74 bits per heavy atom. The van der Waals surface area contributed by atoms with Crippen LogP contribution in [0.1, 0.15) is 36.9 Å². The number of aryl methyl sites for hydroxylation is 1. The predicted molar refractivity (Wildman–Crippen MR) is 168 cm³/mol. The molecule has 1 aliphatic carbocycles. The molecule has 0 aromatic heterocycles. The molecule has 2 atom stereocenters. The summed E-state index contributed by atoms with van der Waals surface area (Å²) >= 11 is 1.62. The summed E-state index contributed by atoms with van der Waals surface area (Å²) in [4.78, 5) is 39.2. The molecule has 0 bridgehead atoms. The second-order valence-corrected chi connectivity index (χ2v) is 10.9. The Kier molecular flexibility index (Phi) is 10.4. The van der Waals surface area contributed by atoms with Crippen LogP contribution < -0.4 is 35.6 Å². The van der Waals surface area contributed by atoms with Crippen LogP contribution in [0, 0.1) is 0 Å². The lowest BCUT2D eigenvalue weighted by atomic mass is 9.95. The molecule has 4 rings (SSSR count). The maximum absolute atomic E-state index is 13.7. The molecule has 222 valence electrons. The number of methoxy groups -OCH3 is 3. The lowest BCUT2D eigenvalue weighted by Gasteiger charge is -2.19. The first-order valence-electron chi connectivity index (χ1n) is 13.7. The molecule has 3 aromatic rings. The van der Waals surface area contributed by atoms with Crippen LogP contribution in [0.2, 0.25) is 0 Å². The number of ether oxygens (including phenoxy) is 3. The minimum Gasteiger partial charge on any atom is -0.493 e. The van der Waals surface area contributed by atoms with E-state index >= 15 is 0 Å². The van der Waals surface area contributed by atoms with Crippen molar-refractivity contribution in [3.8, 4) is 28.4 Å². The van der Waals surface area contributed by atoms with Gasteiger partial charge in [-0.1, -0.05) is 24.3 Å². The number of fused-ring (bicyclic) bond motifs is 3. The number of rotatable bonds is 11. The zero-order valence-corrected chi connectivity index (χ0v) is 25.4. The molecule has 10 heteroatoms. The standard InChI is InChI=1S/C32H37N3O6S/c1-19(36)33-24-13-11-20-17-28(39-2)30(40-3)31(41-4)29(20)22-12-14-25(27(37)18-23(22)24)35-26(15-16-42-5)32(38)34-21-9-7-6-8-10-21/h6-10,12,14,17-18,24,26H,11,13,15-16H2,1-5H3,(H,33,36)(H,34,38)(H,35,37). The molecule has 3 aromatic carbocycles. The van der Waals surface area contributed by atoms with Crippen LogP contribution in [0.3, 0.4) is 0 Å². The molecule has 1 aliphatic rings. The molecule has 2 unspecified atom stereocenters. The van der Waals surface area contributed by atoms with Gasteiger partial charge >= 0.3 is 0 Å². The van der Waals surface area contributed by atoms with E-state index in [0.29, 0.717) is 47.8 Å². The minimum absolute atomic E-state index is 0.203. The number of benzene rings is 2. The van der Waals surface area contributed by atoms with Crippen molar-refractivity contribution < 1.29 is 23.8 Å². The zero-order valence-electron chi connectivity index (χ0n) is 24.5. The average Bonchev–Trinajstić information content (AvgIpc) is 3.22. The third-order valence-electron chi connectivity index (χ3n) is 7.21. The minimum atomic E-state index is -0.648. The molecule has 2 amide bonds. The topological polar surface area (TPSA) is 115 Å². The zero-order chi connectivity index (χ0) is 30.2. The molecular weight excluding hydrogens is 554 g/mol. The highest BCUT2D eigenvalue weighted by molar-refractivity contribution is 7.98. The van der Waals surface area contributed by atoms with Crippen molar-refractivity contribution in [1.29, 1.82) is 0 Å². The molecule has 0 spiro atoms. The van der Waals surface area contributed by atoms with E-state index < -0.39 is 12.1 Å². The summed E-state index contributed by atoms with van der Waals surface area (Å²) in [6.07, 6.45) is 3.64. The van der Waals surface area contributed by atoms with Crippen molar-refractivity contribution in [2.24, 2.45) is 0 Å². The highest BCUT2D eigenvalue weighted by Crippen LogP contribution is 2.50. The van der Waals surface area contributed by atoms with Crippen molar-refractivity contribution in [2.75, 3.05) is 44.0 Å². The average molecular weight is 592 g/mol. The molecule has 0 heterocycles. The molecule has 42 heavy (non-hydrogen) atoms. The van der Waals surface area contributed by atoms with Gasteiger partial charge in [0.25, 0.3) is 0 Å². The number of thioether (sulfide) groups is 1. The number of nitrogens with one attached hydrogen (secondary N) is 3. The number of carbonyl (C=O) groups excluding carboxylic acids is 2. The number of amides is 2. The summed E-state index contributed by atoms with van der Waals surface area (Å²) in [5, 5.41) is 9.16. The summed E-state index contributed by atoms with van der Waals surface area (Å²) < 4.78 is 17.1. The third kappa shape index (κ3) is 6.82. The van der Waals surface area contributed by atoms with Crippen molar-refractivity contribution in [2.45, 2.75) is 38.3 Å². The highest BCUT2D eigenvalue weighted by atomic mass is 32.2. The van der Waals surface area contributed by atoms with E-state index in [1.165, 1.54) is 6.92 Å². The Hall–Kier alpha value is -4.18. The highest BCUT2D eigenvalue weighted by Gasteiger charge is 2.30. The normalized spacial score (nSPS) is 14.4. The quantitative estimate of drug-likeness (QED) is 0.284. The van der Waals surface area contributed by atoms with Gasteiger partial charge in [-0.15, -0.1) is 0 Å². The maximum Gasteiger partial charge on any atom is 0.246 e. The first kappa shape index (κ1) is 30.8. The van der Waals surface area contributed by atoms with Gasteiger partial charge in [-0.05, 0) is 78.3 Å². The summed E-state index contributed by atoms with van der Waals surface area (Å²) in [5.74, 6) is 1.73. The van der Waals surface area contributed by atoms with E-state index in [1.807, 2.05) is 48.7 Å². The molecule has 0 radical (unpaired) electrons. The number of para-hydroxylation sites is 1. The summed E-state index contributed by atoms with van der Waals surface area (Å²) in [7, 11) is 4.67. The molecule has 0 saturated heterocycles. The second kappa shape index (κ2) is 14.1. The van der Waals surface area contributed by atoms with Crippen LogP contribution in [0.15, 0.2) is 59.4 Å². The van der Waals surface area contributed by atoms with E-state index in [-0.39, 0.29) is 22.9 Å². The van der Waals surface area contributed by atoms with Gasteiger partial charge in [-0.3, -0.25) is 14.4 Å². The lowest BCUT2D eigenvalue weighted by molar-refractivity contribution is -0.120. The monoisotopic (exact) mass is 591 g/mol. The number of hydrogen-bond acceptors (Lipinski definition) is 8. The third-order valence-corrected chi connectivity index (χ3v) is 7.86. The van der Waals surface area contributed by atoms with Gasteiger partial charge in [0.1, 0.15) is 6.04 Å². The van der Waals surface area contributed by atoms with E-state index in [2.05, 4.69) is 16.0 Å². The van der Waals surface area contributed by atoms with Gasteiger partial charge < -0.3 is 30.2 Å². The second-order valence-electron chi connectivity index (χ2n) is 9.93. The molecule has 0 saturated carbocycles. The molecule has 0 fully saturated rings. The van der Waals surface area contributed by atoms with Gasteiger partial charge in [-0.2, -0.15) is 11.8 Å². The Labute approximate surface area is 250 Å². The Morgan fingerprint density at radius 3 is 2.38 bits per heavy atom. The smallest absolute Gasteiger partial charge is 0.246 e. The van der Waals surface area contributed by atoms with Gasteiger partial charge in [0.05, 0.1) is 33.1 Å². The van der Waals surface area contributed by atoms with Gasteiger partial charge in [-0.25, -0.2) is 0 Å². The lowest BCUT2D eigenvalue weighted by Crippen LogP contribution is -2.36. The first-order chi connectivity index (χ1) is 20.3. The van der Waals surface area contributed by atoms with Crippen molar-refractivity contribution in [3.05, 3.63) is 75.9 Å². The van der Waals surface area contributed by atoms with Gasteiger partial charge in [0.15, 0.2) is 11.5 Å². The van der Waals surface area contributed by atoms with Crippen LogP contribution in [0.25, 0.3) is 11.1 Å². The Bertz CT molecular complexity index is 1500. The number of carbonyl (C=O) groups is 2. The Balaban J connectivity index is 1.85. The largest absolute Gasteiger partial charge is 0.493 e. The van der Waals surface area contributed by atoms with E-state index in [9.17, 15) is 14.4 Å². The van der Waals surface area contributed by atoms with Crippen molar-refractivity contribution in [1.82, 2.24) is 5.32 Å². The Morgan fingerprint density at radius 1 is 1.00 bits per heavy atom. The summed E-state index contributed by atoms with van der Waals surface area (Å²) in [5.41, 5.74) is 3.74. The molecule has 3 N–H and O–H groups in total. The number of hydrogen-bond donors (Lipinski definition) is 3. The maximum atomic E-state index is 13.7. The van der Waals surface area contributed by atoms with Gasteiger partial charge in [0, 0.05) is 18.2 Å². The SMILES string of the molecule is COc1cc2c(c(OC)c1OC)-c1ccc(NC(CCSC)C(=O)Nc3ccccc3)c(=O)cc1C(NC(C)=O)CC2. The first-order valence-corrected chi connectivity index (χ1v) is 15.1. The van der Waals surface area contributed by atoms with E-state index in [1.54, 1.807) is 45.2 Å². The van der Waals surface area contributed by atoms with Crippen LogP contribution >= 0.6 is 11.8 Å². The molecular formula is C32H37N3O6S. The van der Waals surface area contributed by atoms with Crippen LogP contribution in [0.4, 0.5) is 11.4 Å². The number of anilines is 2. The fourth-order valence-corrected chi connectivity index (χ4v) is 5.74.